The van der Waals surface area contributed by atoms with Crippen molar-refractivity contribution in [3.63, 3.8) is 0 Å². The van der Waals surface area contributed by atoms with Gasteiger partial charge in [0.05, 0.1) is 19.8 Å². The third-order valence-corrected chi connectivity index (χ3v) is 13.8. The maximum absolute atomic E-state index is 12.9. The van der Waals surface area contributed by atoms with Crippen LogP contribution >= 0.6 is 7.82 Å². The number of aliphatic hydroxyl groups excluding tert-OH is 1. The molecule has 0 spiro atoms. The van der Waals surface area contributed by atoms with Crippen LogP contribution in [0.5, 0.6) is 0 Å². The normalized spacial score (nSPS) is 13.5. The van der Waals surface area contributed by atoms with Crippen LogP contribution in [0.3, 0.4) is 0 Å². The Hall–Kier alpha value is -2.04. The third kappa shape index (κ3) is 50.9. The predicted molar refractivity (Wildman–Crippen MR) is 289 cm³/mol. The molecule has 412 valence electrons. The Balaban J connectivity index is 4.68. The van der Waals surface area contributed by atoms with Crippen LogP contribution in [0.15, 0.2) is 24.3 Å². The van der Waals surface area contributed by atoms with Gasteiger partial charge in [-0.05, 0) is 51.4 Å². The van der Waals surface area contributed by atoms with Gasteiger partial charge in [-0.15, -0.1) is 0 Å². The van der Waals surface area contributed by atoms with Crippen molar-refractivity contribution in [1.82, 2.24) is 0 Å². The minimum absolute atomic E-state index is 0.168. The molecule has 0 saturated carbocycles. The fourth-order valence-electron chi connectivity index (χ4n) is 8.39. The molecule has 0 aromatic heterocycles. The lowest BCUT2D eigenvalue weighted by molar-refractivity contribution is -0.161. The van der Waals surface area contributed by atoms with Crippen molar-refractivity contribution < 1.29 is 52.2 Å². The van der Waals surface area contributed by atoms with E-state index in [4.69, 9.17) is 23.3 Å². The van der Waals surface area contributed by atoms with Crippen molar-refractivity contribution in [3.8, 4) is 0 Å². The van der Waals surface area contributed by atoms with E-state index in [0.717, 1.165) is 70.6 Å². The fourth-order valence-corrected chi connectivity index (χ4v) is 9.17. The summed E-state index contributed by atoms with van der Waals surface area (Å²) in [7, 11) is -4.74. The molecule has 0 fully saturated rings. The summed E-state index contributed by atoms with van der Waals surface area (Å²) in [5.41, 5.74) is 0. The summed E-state index contributed by atoms with van der Waals surface area (Å²) in [6.07, 6.45) is 52.7. The van der Waals surface area contributed by atoms with Crippen molar-refractivity contribution in [2.75, 3.05) is 26.4 Å². The highest BCUT2D eigenvalue weighted by molar-refractivity contribution is 7.47. The maximum Gasteiger partial charge on any atom is 0.472 e. The zero-order valence-corrected chi connectivity index (χ0v) is 46.4. The Bertz CT molecular complexity index is 1270. The van der Waals surface area contributed by atoms with Gasteiger partial charge in [0.2, 0.25) is 0 Å². The predicted octanol–water partition coefficient (Wildman–Crippen LogP) is 17.0. The quantitative estimate of drug-likeness (QED) is 0.0197. The molecule has 0 saturated heterocycles. The standard InChI is InChI=1S/C58H109O11P/c1-4-7-10-13-16-19-22-24-25-26-27-28-29-31-34-37-40-43-46-49-58(62)69-55(51-65-56(60)47-44-41-38-35-33-30-23-20-17-14-11-8-5-2)53-67-70(63,64)66-52-54(50-59)68-57(61)48-45-42-39-36-32-21-18-15-12-9-6-3/h16,19,24-25,54-55,59H,4-15,17-18,20-23,26-53H2,1-3H3,(H,63,64)/b19-16-,25-24-. The number of esters is 3. The number of rotatable bonds is 55. The smallest absolute Gasteiger partial charge is 0.462 e. The van der Waals surface area contributed by atoms with Crippen LogP contribution in [0, 0.1) is 0 Å². The Morgan fingerprint density at radius 1 is 0.400 bits per heavy atom. The first kappa shape index (κ1) is 68.0. The number of hydrogen-bond donors (Lipinski definition) is 2. The minimum atomic E-state index is -4.74. The Kier molecular flexibility index (Phi) is 51.7. The van der Waals surface area contributed by atoms with Crippen molar-refractivity contribution in [3.05, 3.63) is 24.3 Å². The summed E-state index contributed by atoms with van der Waals surface area (Å²) in [6.45, 7) is 4.65. The van der Waals surface area contributed by atoms with Crippen molar-refractivity contribution in [2.45, 2.75) is 303 Å². The van der Waals surface area contributed by atoms with Gasteiger partial charge >= 0.3 is 25.7 Å². The summed E-state index contributed by atoms with van der Waals surface area (Å²) in [6, 6.07) is 0. The van der Waals surface area contributed by atoms with E-state index in [0.29, 0.717) is 19.3 Å². The summed E-state index contributed by atoms with van der Waals surface area (Å²) in [5.74, 6) is -1.44. The Morgan fingerprint density at radius 3 is 1.09 bits per heavy atom. The molecular formula is C58H109O11P. The van der Waals surface area contributed by atoms with Gasteiger partial charge in [-0.25, -0.2) is 4.57 Å². The summed E-state index contributed by atoms with van der Waals surface area (Å²) in [5, 5.41) is 9.79. The van der Waals surface area contributed by atoms with Gasteiger partial charge in [0, 0.05) is 19.3 Å². The Morgan fingerprint density at radius 2 is 0.700 bits per heavy atom. The van der Waals surface area contributed by atoms with Gasteiger partial charge in [-0.3, -0.25) is 23.4 Å². The number of hydrogen-bond acceptors (Lipinski definition) is 10. The lowest BCUT2D eigenvalue weighted by Crippen LogP contribution is -2.30. The van der Waals surface area contributed by atoms with Crippen molar-refractivity contribution in [2.24, 2.45) is 0 Å². The average molecular weight is 1010 g/mol. The second-order valence-corrected chi connectivity index (χ2v) is 21.3. The lowest BCUT2D eigenvalue weighted by Gasteiger charge is -2.21. The zero-order valence-electron chi connectivity index (χ0n) is 45.5. The van der Waals surface area contributed by atoms with Gasteiger partial charge in [0.15, 0.2) is 6.10 Å². The second kappa shape index (κ2) is 53.3. The summed E-state index contributed by atoms with van der Waals surface area (Å²) < 4.78 is 39.5. The monoisotopic (exact) mass is 1010 g/mol. The molecule has 12 heteroatoms. The highest BCUT2D eigenvalue weighted by Crippen LogP contribution is 2.43. The number of phosphoric acid groups is 1. The molecule has 0 aromatic carbocycles. The number of aliphatic hydroxyl groups is 1. The molecule has 2 N–H and O–H groups in total. The molecule has 0 radical (unpaired) electrons. The van der Waals surface area contributed by atoms with Crippen LogP contribution in [-0.4, -0.2) is 66.5 Å². The van der Waals surface area contributed by atoms with E-state index in [2.05, 4.69) is 45.1 Å². The van der Waals surface area contributed by atoms with E-state index in [-0.39, 0.29) is 25.9 Å². The third-order valence-electron chi connectivity index (χ3n) is 12.9. The number of allylic oxidation sites excluding steroid dienone is 4. The molecule has 0 heterocycles. The molecule has 70 heavy (non-hydrogen) atoms. The van der Waals surface area contributed by atoms with Crippen LogP contribution in [0.2, 0.25) is 0 Å². The SMILES string of the molecule is CCCCC/C=C\C/C=C\CCCCCCCCCCCC(=O)OC(COC(=O)CCCCCCCCCCCCCCC)COP(=O)(O)OCC(CO)OC(=O)CCCCCCCCCCCCC. The van der Waals surface area contributed by atoms with Crippen molar-refractivity contribution >= 4 is 25.7 Å². The van der Waals surface area contributed by atoms with Gasteiger partial charge in [0.25, 0.3) is 0 Å². The molecule has 0 aliphatic carbocycles. The number of ether oxygens (including phenoxy) is 3. The van der Waals surface area contributed by atoms with E-state index in [1.165, 1.54) is 161 Å². The number of carbonyl (C=O) groups is 3. The van der Waals surface area contributed by atoms with E-state index in [9.17, 15) is 28.9 Å². The number of phosphoric ester groups is 1. The van der Waals surface area contributed by atoms with Crippen molar-refractivity contribution in [1.29, 1.82) is 0 Å². The molecule has 0 rings (SSSR count). The number of unbranched alkanes of at least 4 members (excludes halogenated alkanes) is 34. The van der Waals surface area contributed by atoms with E-state index < -0.39 is 57.8 Å². The molecule has 11 nitrogen and oxygen atoms in total. The fraction of sp³-hybridized carbons (Fsp3) is 0.879. The molecular weight excluding hydrogens is 904 g/mol. The van der Waals surface area contributed by atoms with Gasteiger partial charge in [-0.2, -0.15) is 0 Å². The molecule has 3 unspecified atom stereocenters. The number of carbonyl (C=O) groups excluding carboxylic acids is 3. The van der Waals surface area contributed by atoms with Crippen LogP contribution in [-0.2, 0) is 42.2 Å². The second-order valence-electron chi connectivity index (χ2n) is 19.8. The van der Waals surface area contributed by atoms with E-state index in [1.807, 2.05) is 0 Å². The van der Waals surface area contributed by atoms with Crippen LogP contribution in [0.4, 0.5) is 0 Å². The maximum atomic E-state index is 12.9. The van der Waals surface area contributed by atoms with Crippen LogP contribution in [0.25, 0.3) is 0 Å². The molecule has 0 aliphatic rings. The molecule has 0 amide bonds. The van der Waals surface area contributed by atoms with Gasteiger partial charge in [-0.1, -0.05) is 244 Å². The molecule has 0 bridgehead atoms. The van der Waals surface area contributed by atoms with Gasteiger partial charge in [0.1, 0.15) is 12.7 Å². The average Bonchev–Trinajstić information content (AvgIpc) is 3.35. The van der Waals surface area contributed by atoms with Crippen LogP contribution < -0.4 is 0 Å². The topological polar surface area (TPSA) is 155 Å². The van der Waals surface area contributed by atoms with E-state index >= 15 is 0 Å². The highest BCUT2D eigenvalue weighted by atomic mass is 31.2. The first-order chi connectivity index (χ1) is 34.2. The summed E-state index contributed by atoms with van der Waals surface area (Å²) >= 11 is 0. The molecule has 0 aliphatic heterocycles. The largest absolute Gasteiger partial charge is 0.472 e. The van der Waals surface area contributed by atoms with E-state index in [1.54, 1.807) is 0 Å². The molecule has 3 atom stereocenters. The van der Waals surface area contributed by atoms with Gasteiger partial charge < -0.3 is 24.2 Å². The highest BCUT2D eigenvalue weighted by Gasteiger charge is 2.28. The summed E-state index contributed by atoms with van der Waals surface area (Å²) in [4.78, 5) is 48.5. The van der Waals surface area contributed by atoms with Crippen LogP contribution in [0.1, 0.15) is 290 Å². The lowest BCUT2D eigenvalue weighted by atomic mass is 10.0. The minimum Gasteiger partial charge on any atom is -0.462 e. The first-order valence-corrected chi connectivity index (χ1v) is 30.7. The molecule has 0 aromatic rings. The first-order valence-electron chi connectivity index (χ1n) is 29.2. The zero-order chi connectivity index (χ0) is 51.3. The Labute approximate surface area is 429 Å².